The summed E-state index contributed by atoms with van der Waals surface area (Å²) in [4.78, 5) is 0. The van der Waals surface area contributed by atoms with E-state index in [0.29, 0.717) is 38.5 Å². The summed E-state index contributed by atoms with van der Waals surface area (Å²) in [5.41, 5.74) is 2.55. The highest BCUT2D eigenvalue weighted by Crippen LogP contribution is 2.36. The highest BCUT2D eigenvalue weighted by atomic mass is 32.2. The van der Waals surface area contributed by atoms with Crippen LogP contribution in [0, 0.1) is 6.92 Å². The van der Waals surface area contributed by atoms with E-state index in [-0.39, 0.29) is 11.3 Å². The SMILES string of the molecule is Cc1ccccc1[C@H]1C[C@@H](C)N(S(=O)(=O)C2CCOCC2)C1. The zero-order valence-corrected chi connectivity index (χ0v) is 14.2. The van der Waals surface area contributed by atoms with Gasteiger partial charge in [-0.15, -0.1) is 0 Å². The van der Waals surface area contributed by atoms with E-state index in [1.165, 1.54) is 11.1 Å². The molecule has 2 aliphatic heterocycles. The van der Waals surface area contributed by atoms with Crippen molar-refractivity contribution < 1.29 is 13.2 Å². The van der Waals surface area contributed by atoms with Gasteiger partial charge < -0.3 is 4.74 Å². The first kappa shape index (κ1) is 16.0. The second-order valence-corrected chi connectivity index (χ2v) is 8.73. The maximum Gasteiger partial charge on any atom is 0.217 e. The Hall–Kier alpha value is -0.910. The number of aryl methyl sites for hydroxylation is 1. The molecule has 5 heteroatoms. The smallest absolute Gasteiger partial charge is 0.217 e. The summed E-state index contributed by atoms with van der Waals surface area (Å²) < 4.78 is 32.9. The van der Waals surface area contributed by atoms with Crippen molar-refractivity contribution in [1.82, 2.24) is 4.31 Å². The van der Waals surface area contributed by atoms with Crippen LogP contribution in [0.5, 0.6) is 0 Å². The van der Waals surface area contributed by atoms with Crippen LogP contribution >= 0.6 is 0 Å². The van der Waals surface area contributed by atoms with Gasteiger partial charge in [0.25, 0.3) is 0 Å². The van der Waals surface area contributed by atoms with Gasteiger partial charge in [-0.1, -0.05) is 24.3 Å². The van der Waals surface area contributed by atoms with Gasteiger partial charge in [0, 0.05) is 25.8 Å². The van der Waals surface area contributed by atoms with E-state index in [0.717, 1.165) is 6.42 Å². The van der Waals surface area contributed by atoms with Gasteiger partial charge in [-0.05, 0) is 50.2 Å². The van der Waals surface area contributed by atoms with Gasteiger partial charge in [-0.25, -0.2) is 8.42 Å². The van der Waals surface area contributed by atoms with Gasteiger partial charge >= 0.3 is 0 Å². The molecular weight excluding hydrogens is 298 g/mol. The predicted octanol–water partition coefficient (Wildman–Crippen LogP) is 2.68. The van der Waals surface area contributed by atoms with Crippen LogP contribution < -0.4 is 0 Å². The minimum absolute atomic E-state index is 0.0810. The fraction of sp³-hybridized carbons (Fsp3) is 0.647. The molecule has 22 heavy (non-hydrogen) atoms. The van der Waals surface area contributed by atoms with E-state index < -0.39 is 10.0 Å². The molecule has 0 aliphatic carbocycles. The first-order chi connectivity index (χ1) is 10.5. The summed E-state index contributed by atoms with van der Waals surface area (Å²) in [5.74, 6) is 0.311. The molecule has 1 aromatic rings. The normalized spacial score (nSPS) is 28.1. The van der Waals surface area contributed by atoms with Crippen molar-refractivity contribution in [1.29, 1.82) is 0 Å². The van der Waals surface area contributed by atoms with Crippen molar-refractivity contribution in [2.75, 3.05) is 19.8 Å². The Bertz CT molecular complexity index is 623. The van der Waals surface area contributed by atoms with Crippen LogP contribution in [0.4, 0.5) is 0 Å². The quantitative estimate of drug-likeness (QED) is 0.859. The third-order valence-corrected chi connectivity index (χ3v) is 7.54. The van der Waals surface area contributed by atoms with Gasteiger partial charge in [0.2, 0.25) is 10.0 Å². The highest BCUT2D eigenvalue weighted by molar-refractivity contribution is 7.89. The fourth-order valence-corrected chi connectivity index (χ4v) is 5.94. The van der Waals surface area contributed by atoms with Crippen LogP contribution in [-0.4, -0.2) is 43.8 Å². The van der Waals surface area contributed by atoms with Crippen molar-refractivity contribution in [2.45, 2.75) is 50.3 Å². The molecule has 0 aromatic heterocycles. The first-order valence-electron chi connectivity index (χ1n) is 8.14. The molecule has 2 heterocycles. The summed E-state index contributed by atoms with van der Waals surface area (Å²) >= 11 is 0. The van der Waals surface area contributed by atoms with Crippen molar-refractivity contribution in [3.05, 3.63) is 35.4 Å². The first-order valence-corrected chi connectivity index (χ1v) is 9.64. The minimum atomic E-state index is -3.21. The Morgan fingerprint density at radius 3 is 2.55 bits per heavy atom. The topological polar surface area (TPSA) is 46.6 Å². The van der Waals surface area contributed by atoms with E-state index in [1.54, 1.807) is 4.31 Å². The number of benzene rings is 1. The molecule has 0 radical (unpaired) electrons. The lowest BCUT2D eigenvalue weighted by Gasteiger charge is -2.29. The molecule has 0 spiro atoms. The van der Waals surface area contributed by atoms with Crippen LogP contribution in [-0.2, 0) is 14.8 Å². The van der Waals surface area contributed by atoms with Gasteiger partial charge in [-0.3, -0.25) is 0 Å². The summed E-state index contributed by atoms with van der Waals surface area (Å²) in [6.07, 6.45) is 2.16. The number of hydrogen-bond donors (Lipinski definition) is 0. The molecule has 0 N–H and O–H groups in total. The molecular formula is C17H25NO3S. The maximum absolute atomic E-state index is 12.9. The van der Waals surface area contributed by atoms with Crippen molar-refractivity contribution >= 4 is 10.0 Å². The van der Waals surface area contributed by atoms with Gasteiger partial charge in [0.1, 0.15) is 0 Å². The number of rotatable bonds is 3. The van der Waals surface area contributed by atoms with Crippen LogP contribution in [0.2, 0.25) is 0 Å². The maximum atomic E-state index is 12.9. The van der Waals surface area contributed by atoms with E-state index in [1.807, 2.05) is 19.1 Å². The van der Waals surface area contributed by atoms with Crippen LogP contribution in [0.15, 0.2) is 24.3 Å². The summed E-state index contributed by atoms with van der Waals surface area (Å²) in [7, 11) is -3.21. The standard InChI is InChI=1S/C17H25NO3S/c1-13-5-3-4-6-17(13)15-11-14(2)18(12-15)22(19,20)16-7-9-21-10-8-16/h3-6,14-16H,7-12H2,1-2H3/t14-,15+/m1/s1. The summed E-state index contributed by atoms with van der Waals surface area (Å²) in [6.45, 7) is 5.89. The average molecular weight is 323 g/mol. The van der Waals surface area contributed by atoms with E-state index >= 15 is 0 Å². The molecule has 0 bridgehead atoms. The Balaban J connectivity index is 1.80. The summed E-state index contributed by atoms with van der Waals surface area (Å²) in [6, 6.07) is 8.40. The summed E-state index contributed by atoms with van der Waals surface area (Å²) in [5, 5.41) is -0.265. The average Bonchev–Trinajstić information content (AvgIpc) is 2.91. The number of hydrogen-bond acceptors (Lipinski definition) is 3. The molecule has 2 aliphatic rings. The lowest BCUT2D eigenvalue weighted by Crippen LogP contribution is -2.43. The van der Waals surface area contributed by atoms with Crippen molar-refractivity contribution in [3.63, 3.8) is 0 Å². The number of nitrogens with zero attached hydrogens (tertiary/aromatic N) is 1. The number of sulfonamides is 1. The minimum Gasteiger partial charge on any atom is -0.381 e. The molecule has 0 saturated carbocycles. The molecule has 2 saturated heterocycles. The largest absolute Gasteiger partial charge is 0.381 e. The molecule has 0 unspecified atom stereocenters. The van der Waals surface area contributed by atoms with E-state index in [4.69, 9.17) is 4.74 Å². The van der Waals surface area contributed by atoms with E-state index in [9.17, 15) is 8.42 Å². The molecule has 4 nitrogen and oxygen atoms in total. The molecule has 2 atom stereocenters. The van der Waals surface area contributed by atoms with Gasteiger partial charge in [0.15, 0.2) is 0 Å². The third-order valence-electron chi connectivity index (χ3n) is 5.06. The lowest BCUT2D eigenvalue weighted by atomic mass is 9.93. The van der Waals surface area contributed by atoms with Crippen LogP contribution in [0.25, 0.3) is 0 Å². The zero-order valence-electron chi connectivity index (χ0n) is 13.4. The third kappa shape index (κ3) is 2.94. The Morgan fingerprint density at radius 1 is 1.18 bits per heavy atom. The second-order valence-electron chi connectivity index (χ2n) is 6.56. The van der Waals surface area contributed by atoms with Gasteiger partial charge in [0.05, 0.1) is 5.25 Å². The van der Waals surface area contributed by atoms with Crippen molar-refractivity contribution in [2.24, 2.45) is 0 Å². The monoisotopic (exact) mass is 323 g/mol. The highest BCUT2D eigenvalue weighted by Gasteiger charge is 2.42. The zero-order chi connectivity index (χ0) is 15.7. The molecule has 0 amide bonds. The molecule has 1 aromatic carbocycles. The Labute approximate surface area is 133 Å². The van der Waals surface area contributed by atoms with Crippen LogP contribution in [0.3, 0.4) is 0 Å². The molecule has 122 valence electrons. The van der Waals surface area contributed by atoms with Crippen LogP contribution in [0.1, 0.15) is 43.2 Å². The van der Waals surface area contributed by atoms with Gasteiger partial charge in [-0.2, -0.15) is 4.31 Å². The predicted molar refractivity (Wildman–Crippen MR) is 87.5 cm³/mol. The lowest BCUT2D eigenvalue weighted by molar-refractivity contribution is 0.0971. The fourth-order valence-electron chi connectivity index (χ4n) is 3.79. The van der Waals surface area contributed by atoms with E-state index in [2.05, 4.69) is 19.1 Å². The number of ether oxygens (including phenoxy) is 1. The molecule has 3 rings (SSSR count). The van der Waals surface area contributed by atoms with Crippen molar-refractivity contribution in [3.8, 4) is 0 Å². The molecule has 2 fully saturated rings. The second kappa shape index (κ2) is 6.30. The Morgan fingerprint density at radius 2 is 1.86 bits per heavy atom. The Kier molecular flexibility index (Phi) is 4.57.